The van der Waals surface area contributed by atoms with Gasteiger partial charge in [0.25, 0.3) is 0 Å². The summed E-state index contributed by atoms with van der Waals surface area (Å²) < 4.78 is 0. The van der Waals surface area contributed by atoms with E-state index < -0.39 is 0 Å². The maximum atomic E-state index is 5.79. The fourth-order valence-electron chi connectivity index (χ4n) is 1.95. The molecule has 0 aliphatic heterocycles. The van der Waals surface area contributed by atoms with Crippen LogP contribution >= 0.6 is 0 Å². The molecule has 0 radical (unpaired) electrons. The van der Waals surface area contributed by atoms with Gasteiger partial charge in [-0.05, 0) is 26.7 Å². The minimum absolute atomic E-state index is 0.0407. The van der Waals surface area contributed by atoms with Gasteiger partial charge in [-0.1, -0.05) is 20.3 Å². The standard InChI is InChI=1S/C13H24N4/c1-5-7-11-15-10(14)9-12(16-11)17-13(3,4)8-6-2/h9H,5-8H2,1-4H3,(H3,14,15,16,17). The zero-order chi connectivity index (χ0) is 12.9. The highest BCUT2D eigenvalue weighted by molar-refractivity contribution is 5.46. The molecular weight excluding hydrogens is 212 g/mol. The highest BCUT2D eigenvalue weighted by Gasteiger charge is 2.17. The van der Waals surface area contributed by atoms with Crippen LogP contribution in [0.5, 0.6) is 0 Å². The molecule has 0 saturated carbocycles. The molecule has 1 aromatic heterocycles. The Labute approximate surface area is 104 Å². The molecule has 17 heavy (non-hydrogen) atoms. The topological polar surface area (TPSA) is 63.8 Å². The molecule has 1 heterocycles. The van der Waals surface area contributed by atoms with Crippen molar-refractivity contribution in [1.29, 1.82) is 0 Å². The van der Waals surface area contributed by atoms with E-state index in [1.807, 2.05) is 0 Å². The molecule has 1 aromatic rings. The zero-order valence-electron chi connectivity index (χ0n) is 11.4. The summed E-state index contributed by atoms with van der Waals surface area (Å²) in [6, 6.07) is 1.80. The van der Waals surface area contributed by atoms with Crippen LogP contribution in [0, 0.1) is 0 Å². The van der Waals surface area contributed by atoms with Crippen LogP contribution in [0.25, 0.3) is 0 Å². The number of aryl methyl sites for hydroxylation is 1. The summed E-state index contributed by atoms with van der Waals surface area (Å²) in [4.78, 5) is 8.71. The average molecular weight is 236 g/mol. The smallest absolute Gasteiger partial charge is 0.133 e. The second kappa shape index (κ2) is 5.84. The summed E-state index contributed by atoms with van der Waals surface area (Å²) in [5, 5.41) is 3.43. The Kier molecular flexibility index (Phi) is 4.73. The SMILES string of the molecule is CCCc1nc(N)cc(NC(C)(C)CCC)n1. The summed E-state index contributed by atoms with van der Waals surface area (Å²) in [6.07, 6.45) is 4.14. The second-order valence-electron chi connectivity index (χ2n) is 5.10. The lowest BCUT2D eigenvalue weighted by Gasteiger charge is -2.26. The van der Waals surface area contributed by atoms with Crippen molar-refractivity contribution in [3.05, 3.63) is 11.9 Å². The number of nitrogens with zero attached hydrogens (tertiary/aromatic N) is 2. The molecule has 0 saturated heterocycles. The van der Waals surface area contributed by atoms with Crippen molar-refractivity contribution < 1.29 is 0 Å². The number of anilines is 2. The Morgan fingerprint density at radius 2 is 1.94 bits per heavy atom. The molecule has 3 N–H and O–H groups in total. The van der Waals surface area contributed by atoms with E-state index in [1.165, 1.54) is 0 Å². The van der Waals surface area contributed by atoms with E-state index in [4.69, 9.17) is 5.73 Å². The minimum Gasteiger partial charge on any atom is -0.384 e. The second-order valence-corrected chi connectivity index (χ2v) is 5.10. The summed E-state index contributed by atoms with van der Waals surface area (Å²) in [5.41, 5.74) is 5.83. The molecule has 0 unspecified atom stereocenters. The van der Waals surface area contributed by atoms with Crippen molar-refractivity contribution in [2.24, 2.45) is 0 Å². The van der Waals surface area contributed by atoms with Gasteiger partial charge in [0.15, 0.2) is 0 Å². The summed E-state index contributed by atoms with van der Waals surface area (Å²) in [7, 11) is 0. The van der Waals surface area contributed by atoms with Crippen LogP contribution in [0.2, 0.25) is 0 Å². The normalized spacial score (nSPS) is 11.5. The van der Waals surface area contributed by atoms with E-state index in [0.717, 1.165) is 37.3 Å². The van der Waals surface area contributed by atoms with E-state index in [1.54, 1.807) is 6.07 Å². The van der Waals surface area contributed by atoms with Gasteiger partial charge in [-0.25, -0.2) is 9.97 Å². The van der Waals surface area contributed by atoms with E-state index in [0.29, 0.717) is 5.82 Å². The van der Waals surface area contributed by atoms with Gasteiger partial charge in [-0.15, -0.1) is 0 Å². The third kappa shape index (κ3) is 4.59. The van der Waals surface area contributed by atoms with Gasteiger partial charge in [0.05, 0.1) is 0 Å². The molecule has 1 rings (SSSR count). The number of hydrogen-bond acceptors (Lipinski definition) is 4. The van der Waals surface area contributed by atoms with Crippen molar-refractivity contribution >= 4 is 11.6 Å². The van der Waals surface area contributed by atoms with Crippen LogP contribution in [-0.2, 0) is 6.42 Å². The first-order valence-electron chi connectivity index (χ1n) is 6.38. The molecule has 4 heteroatoms. The van der Waals surface area contributed by atoms with Crippen molar-refractivity contribution in [3.63, 3.8) is 0 Å². The first kappa shape index (κ1) is 13.7. The fourth-order valence-corrected chi connectivity index (χ4v) is 1.95. The fraction of sp³-hybridized carbons (Fsp3) is 0.692. The van der Waals surface area contributed by atoms with Gasteiger partial charge >= 0.3 is 0 Å². The van der Waals surface area contributed by atoms with Crippen molar-refractivity contribution in [1.82, 2.24) is 9.97 Å². The Hall–Kier alpha value is -1.32. The first-order chi connectivity index (χ1) is 7.96. The Bertz CT molecular complexity index is 360. The number of hydrogen-bond donors (Lipinski definition) is 2. The maximum Gasteiger partial charge on any atom is 0.133 e. The lowest BCUT2D eigenvalue weighted by Crippen LogP contribution is -2.31. The van der Waals surface area contributed by atoms with Crippen molar-refractivity contribution in [3.8, 4) is 0 Å². The van der Waals surface area contributed by atoms with E-state index in [2.05, 4.69) is 43.0 Å². The largest absolute Gasteiger partial charge is 0.384 e. The van der Waals surface area contributed by atoms with Gasteiger partial charge in [0.2, 0.25) is 0 Å². The van der Waals surface area contributed by atoms with Crippen LogP contribution in [0.4, 0.5) is 11.6 Å². The first-order valence-corrected chi connectivity index (χ1v) is 6.38. The molecule has 4 nitrogen and oxygen atoms in total. The minimum atomic E-state index is 0.0407. The molecular formula is C13H24N4. The Balaban J connectivity index is 2.83. The number of aromatic nitrogens is 2. The van der Waals surface area contributed by atoms with Gasteiger partial charge in [-0.2, -0.15) is 0 Å². The molecule has 0 amide bonds. The van der Waals surface area contributed by atoms with Crippen LogP contribution in [0.3, 0.4) is 0 Å². The van der Waals surface area contributed by atoms with Gasteiger partial charge < -0.3 is 11.1 Å². The average Bonchev–Trinajstić information content (AvgIpc) is 2.15. The van der Waals surface area contributed by atoms with Crippen LogP contribution in [-0.4, -0.2) is 15.5 Å². The predicted octanol–water partition coefficient (Wildman–Crippen LogP) is 3.00. The molecule has 0 aliphatic carbocycles. The molecule has 0 bridgehead atoms. The molecule has 0 spiro atoms. The van der Waals surface area contributed by atoms with Crippen LogP contribution in [0.1, 0.15) is 52.8 Å². The zero-order valence-corrected chi connectivity index (χ0v) is 11.4. The summed E-state index contributed by atoms with van der Waals surface area (Å²) >= 11 is 0. The highest BCUT2D eigenvalue weighted by Crippen LogP contribution is 2.19. The number of nitrogens with two attached hydrogens (primary N) is 1. The number of nitrogens with one attached hydrogen (secondary N) is 1. The lowest BCUT2D eigenvalue weighted by molar-refractivity contribution is 0.508. The molecule has 0 fully saturated rings. The monoisotopic (exact) mass is 236 g/mol. The number of rotatable bonds is 6. The highest BCUT2D eigenvalue weighted by atomic mass is 15.1. The molecule has 96 valence electrons. The van der Waals surface area contributed by atoms with E-state index in [9.17, 15) is 0 Å². The predicted molar refractivity (Wildman–Crippen MR) is 73.0 cm³/mol. The summed E-state index contributed by atoms with van der Waals surface area (Å²) in [5.74, 6) is 2.19. The van der Waals surface area contributed by atoms with Gasteiger partial charge in [-0.3, -0.25) is 0 Å². The van der Waals surface area contributed by atoms with Crippen molar-refractivity contribution in [2.45, 2.75) is 58.9 Å². The Morgan fingerprint density at radius 3 is 2.53 bits per heavy atom. The molecule has 0 aliphatic rings. The quantitative estimate of drug-likeness (QED) is 0.797. The summed E-state index contributed by atoms with van der Waals surface area (Å²) in [6.45, 7) is 8.64. The third-order valence-corrected chi connectivity index (χ3v) is 2.61. The molecule has 0 atom stereocenters. The van der Waals surface area contributed by atoms with E-state index in [-0.39, 0.29) is 5.54 Å². The van der Waals surface area contributed by atoms with Crippen molar-refractivity contribution in [2.75, 3.05) is 11.1 Å². The van der Waals surface area contributed by atoms with Gasteiger partial charge in [0, 0.05) is 18.0 Å². The lowest BCUT2D eigenvalue weighted by atomic mass is 9.99. The third-order valence-electron chi connectivity index (χ3n) is 2.61. The van der Waals surface area contributed by atoms with E-state index >= 15 is 0 Å². The number of nitrogen functional groups attached to an aromatic ring is 1. The van der Waals surface area contributed by atoms with Crippen LogP contribution < -0.4 is 11.1 Å². The van der Waals surface area contributed by atoms with Gasteiger partial charge in [0.1, 0.15) is 17.5 Å². The van der Waals surface area contributed by atoms with Crippen LogP contribution in [0.15, 0.2) is 6.07 Å². The molecule has 0 aromatic carbocycles. The maximum absolute atomic E-state index is 5.79. The Morgan fingerprint density at radius 1 is 1.24 bits per heavy atom.